The summed E-state index contributed by atoms with van der Waals surface area (Å²) in [7, 11) is 0. The Morgan fingerprint density at radius 1 is 1.23 bits per heavy atom. The van der Waals surface area contributed by atoms with Crippen LogP contribution in [-0.2, 0) is 0 Å². The Morgan fingerprint density at radius 2 is 2.08 bits per heavy atom. The van der Waals surface area contributed by atoms with Crippen molar-refractivity contribution in [2.45, 2.75) is 23.7 Å². The summed E-state index contributed by atoms with van der Waals surface area (Å²) in [4.78, 5) is 16.1. The monoisotopic (exact) mass is 387 g/mol. The SMILES string of the molecule is O=C(CCN1CCC(c2ccc(Cl)cc2)C1)c1ccc2c(c1)SCCO2. The van der Waals surface area contributed by atoms with Gasteiger partial charge in [-0.15, -0.1) is 11.8 Å². The minimum atomic E-state index is 0.217. The van der Waals surface area contributed by atoms with Crippen molar-refractivity contribution in [1.29, 1.82) is 0 Å². The molecule has 2 aliphatic heterocycles. The number of carbonyl (C=O) groups excluding carboxylic acids is 1. The highest BCUT2D eigenvalue weighted by Gasteiger charge is 2.24. The number of Topliss-reactive ketones (excluding diaryl/α,β-unsaturated/α-hetero) is 1. The number of hydrogen-bond acceptors (Lipinski definition) is 4. The molecular weight excluding hydrogens is 366 g/mol. The molecule has 0 N–H and O–H groups in total. The molecule has 0 spiro atoms. The minimum absolute atomic E-state index is 0.217. The number of hydrogen-bond donors (Lipinski definition) is 0. The Morgan fingerprint density at radius 3 is 2.92 bits per heavy atom. The van der Waals surface area contributed by atoms with Gasteiger partial charge in [-0.3, -0.25) is 4.79 Å². The molecule has 0 aliphatic carbocycles. The predicted octanol–water partition coefficient (Wildman–Crippen LogP) is 4.89. The summed E-state index contributed by atoms with van der Waals surface area (Å²) in [6, 6.07) is 14.0. The van der Waals surface area contributed by atoms with Crippen LogP contribution in [0.4, 0.5) is 0 Å². The molecule has 1 saturated heterocycles. The molecule has 5 heteroatoms. The second-order valence-corrected chi connectivity index (χ2v) is 8.44. The van der Waals surface area contributed by atoms with Gasteiger partial charge in [0.1, 0.15) is 5.75 Å². The molecule has 2 heterocycles. The van der Waals surface area contributed by atoms with Gasteiger partial charge in [-0.25, -0.2) is 0 Å². The number of halogens is 1. The quantitative estimate of drug-likeness (QED) is 0.683. The van der Waals surface area contributed by atoms with Crippen molar-refractivity contribution >= 4 is 29.1 Å². The molecule has 26 heavy (non-hydrogen) atoms. The van der Waals surface area contributed by atoms with Crippen LogP contribution in [0.15, 0.2) is 47.4 Å². The number of ketones is 1. The van der Waals surface area contributed by atoms with Gasteiger partial charge in [0, 0.05) is 35.8 Å². The lowest BCUT2D eigenvalue weighted by Crippen LogP contribution is -2.23. The molecule has 2 aliphatic rings. The highest BCUT2D eigenvalue weighted by Crippen LogP contribution is 2.34. The van der Waals surface area contributed by atoms with Crippen LogP contribution in [0.1, 0.15) is 34.7 Å². The van der Waals surface area contributed by atoms with Crippen molar-refractivity contribution in [3.05, 3.63) is 58.6 Å². The summed E-state index contributed by atoms with van der Waals surface area (Å²) in [5.74, 6) is 2.61. The molecule has 4 rings (SSSR count). The average Bonchev–Trinajstić information content (AvgIpc) is 3.15. The van der Waals surface area contributed by atoms with Crippen LogP contribution in [-0.4, -0.2) is 42.7 Å². The number of ether oxygens (including phenoxy) is 1. The van der Waals surface area contributed by atoms with Crippen LogP contribution < -0.4 is 4.74 Å². The van der Waals surface area contributed by atoms with Gasteiger partial charge in [-0.1, -0.05) is 23.7 Å². The largest absolute Gasteiger partial charge is 0.492 e. The molecule has 0 bridgehead atoms. The maximum absolute atomic E-state index is 12.6. The third kappa shape index (κ3) is 4.08. The van der Waals surface area contributed by atoms with E-state index in [4.69, 9.17) is 16.3 Å². The summed E-state index contributed by atoms with van der Waals surface area (Å²) in [5.41, 5.74) is 2.14. The van der Waals surface area contributed by atoms with Crippen LogP contribution in [0.5, 0.6) is 5.75 Å². The van der Waals surface area contributed by atoms with Gasteiger partial charge >= 0.3 is 0 Å². The molecule has 0 aromatic heterocycles. The number of carbonyl (C=O) groups is 1. The van der Waals surface area contributed by atoms with Gasteiger partial charge in [0.15, 0.2) is 5.78 Å². The Kier molecular flexibility index (Phi) is 5.53. The number of nitrogens with zero attached hydrogens (tertiary/aromatic N) is 1. The fourth-order valence-electron chi connectivity index (χ4n) is 3.66. The third-order valence-electron chi connectivity index (χ3n) is 5.13. The molecular formula is C21H22ClNO2S. The maximum atomic E-state index is 12.6. The zero-order valence-electron chi connectivity index (χ0n) is 14.6. The lowest BCUT2D eigenvalue weighted by atomic mass is 9.99. The van der Waals surface area contributed by atoms with E-state index in [0.717, 1.165) is 59.6 Å². The molecule has 0 radical (unpaired) electrons. The van der Waals surface area contributed by atoms with E-state index in [1.165, 1.54) is 5.56 Å². The fraction of sp³-hybridized carbons (Fsp3) is 0.381. The normalized spacial score (nSPS) is 19.8. The predicted molar refractivity (Wildman–Crippen MR) is 107 cm³/mol. The first kappa shape index (κ1) is 17.9. The van der Waals surface area contributed by atoms with Crippen LogP contribution in [0, 0.1) is 0 Å². The second-order valence-electron chi connectivity index (χ2n) is 6.87. The van der Waals surface area contributed by atoms with Crippen LogP contribution in [0.25, 0.3) is 0 Å². The summed E-state index contributed by atoms with van der Waals surface area (Å²) in [6.07, 6.45) is 1.71. The zero-order valence-corrected chi connectivity index (χ0v) is 16.2. The van der Waals surface area contributed by atoms with Crippen LogP contribution in [0.2, 0.25) is 5.02 Å². The van der Waals surface area contributed by atoms with Gasteiger partial charge in [0.25, 0.3) is 0 Å². The first-order chi connectivity index (χ1) is 12.7. The Bertz CT molecular complexity index is 793. The van der Waals surface area contributed by atoms with E-state index in [2.05, 4.69) is 17.0 Å². The lowest BCUT2D eigenvalue weighted by Gasteiger charge is -2.18. The highest BCUT2D eigenvalue weighted by atomic mass is 35.5. The topological polar surface area (TPSA) is 29.5 Å². The van der Waals surface area contributed by atoms with E-state index in [1.54, 1.807) is 11.8 Å². The molecule has 0 amide bonds. The summed E-state index contributed by atoms with van der Waals surface area (Å²) in [5, 5.41) is 0.780. The molecule has 0 saturated carbocycles. The first-order valence-corrected chi connectivity index (χ1v) is 10.5. The van der Waals surface area contributed by atoms with Crippen LogP contribution >= 0.6 is 23.4 Å². The maximum Gasteiger partial charge on any atom is 0.164 e. The van der Waals surface area contributed by atoms with Crippen LogP contribution in [0.3, 0.4) is 0 Å². The van der Waals surface area contributed by atoms with Crippen molar-refractivity contribution in [2.24, 2.45) is 0 Å². The first-order valence-electron chi connectivity index (χ1n) is 9.10. The van der Waals surface area contributed by atoms with E-state index in [1.807, 2.05) is 30.3 Å². The minimum Gasteiger partial charge on any atom is -0.492 e. The number of likely N-dealkylation sites (tertiary alicyclic amines) is 1. The number of fused-ring (bicyclic) bond motifs is 1. The van der Waals surface area contributed by atoms with Crippen molar-refractivity contribution in [3.63, 3.8) is 0 Å². The molecule has 136 valence electrons. The average molecular weight is 388 g/mol. The molecule has 2 aromatic rings. The van der Waals surface area contributed by atoms with Crippen molar-refractivity contribution in [2.75, 3.05) is 32.0 Å². The number of thioether (sulfide) groups is 1. The highest BCUT2D eigenvalue weighted by molar-refractivity contribution is 7.99. The standard InChI is InChI=1S/C21H22ClNO2S/c22-18-4-1-15(2-5-18)17-7-9-23(14-17)10-8-19(24)16-3-6-20-21(13-16)26-12-11-25-20/h1-6,13,17H,7-12,14H2. The number of rotatable bonds is 5. The van der Waals surface area contributed by atoms with E-state index >= 15 is 0 Å². The van der Waals surface area contributed by atoms with Crippen molar-refractivity contribution in [3.8, 4) is 5.75 Å². The summed E-state index contributed by atoms with van der Waals surface area (Å²) >= 11 is 7.74. The Hall–Kier alpha value is -1.49. The van der Waals surface area contributed by atoms with E-state index in [-0.39, 0.29) is 5.78 Å². The summed E-state index contributed by atoms with van der Waals surface area (Å²) in [6.45, 7) is 3.63. The Balaban J connectivity index is 1.31. The molecule has 1 atom stereocenters. The van der Waals surface area contributed by atoms with Gasteiger partial charge in [0.2, 0.25) is 0 Å². The van der Waals surface area contributed by atoms with Gasteiger partial charge in [-0.05, 0) is 54.8 Å². The van der Waals surface area contributed by atoms with Crippen molar-refractivity contribution in [1.82, 2.24) is 4.90 Å². The molecule has 1 unspecified atom stereocenters. The van der Waals surface area contributed by atoms with Gasteiger partial charge in [0.05, 0.1) is 11.5 Å². The third-order valence-corrected chi connectivity index (χ3v) is 6.39. The lowest BCUT2D eigenvalue weighted by molar-refractivity contribution is 0.0968. The zero-order chi connectivity index (χ0) is 17.9. The van der Waals surface area contributed by atoms with E-state index in [9.17, 15) is 4.79 Å². The molecule has 1 fully saturated rings. The van der Waals surface area contributed by atoms with Gasteiger partial charge < -0.3 is 9.64 Å². The second kappa shape index (κ2) is 8.03. The number of benzene rings is 2. The smallest absolute Gasteiger partial charge is 0.164 e. The fourth-order valence-corrected chi connectivity index (χ4v) is 4.66. The summed E-state index contributed by atoms with van der Waals surface area (Å²) < 4.78 is 5.61. The Labute approximate surface area is 163 Å². The van der Waals surface area contributed by atoms with E-state index < -0.39 is 0 Å². The van der Waals surface area contributed by atoms with Crippen molar-refractivity contribution < 1.29 is 9.53 Å². The molecule has 3 nitrogen and oxygen atoms in total. The van der Waals surface area contributed by atoms with E-state index in [0.29, 0.717) is 12.3 Å². The molecule has 2 aromatic carbocycles. The van der Waals surface area contributed by atoms with Gasteiger partial charge in [-0.2, -0.15) is 0 Å².